The summed E-state index contributed by atoms with van der Waals surface area (Å²) in [5.74, 6) is 1.76. The van der Waals surface area contributed by atoms with Crippen LogP contribution in [0.2, 0.25) is 0 Å². The highest BCUT2D eigenvalue weighted by atomic mass is 16.5. The Bertz CT molecular complexity index is 1000. The zero-order valence-corrected chi connectivity index (χ0v) is 17.3. The van der Waals surface area contributed by atoms with E-state index in [-0.39, 0.29) is 11.8 Å². The molecule has 0 saturated heterocycles. The number of ether oxygens (including phenoxy) is 1. The second-order valence-corrected chi connectivity index (χ2v) is 7.34. The molecule has 3 rings (SSSR count). The van der Waals surface area contributed by atoms with Crippen LogP contribution in [-0.2, 0) is 4.79 Å². The number of carbonyl (C=O) groups excluding carboxylic acids is 1. The lowest BCUT2D eigenvalue weighted by atomic mass is 10.1. The Morgan fingerprint density at radius 3 is 2.72 bits per heavy atom. The number of benzene rings is 1. The minimum atomic E-state index is -0.962. The number of aliphatic hydroxyl groups is 1. The van der Waals surface area contributed by atoms with Crippen LogP contribution >= 0.6 is 0 Å². The van der Waals surface area contributed by atoms with Gasteiger partial charge in [0.1, 0.15) is 17.7 Å². The van der Waals surface area contributed by atoms with E-state index in [0.717, 1.165) is 35.4 Å². The van der Waals surface area contributed by atoms with Gasteiger partial charge in [0.15, 0.2) is 5.82 Å². The summed E-state index contributed by atoms with van der Waals surface area (Å²) >= 11 is 0. The molecule has 0 aliphatic carbocycles. The number of carbonyl (C=O) groups is 1. The molecule has 2 aromatic heterocycles. The number of nitrogens with zero attached hydrogens (tertiary/aromatic N) is 4. The van der Waals surface area contributed by atoms with Crippen molar-refractivity contribution in [1.82, 2.24) is 24.9 Å². The summed E-state index contributed by atoms with van der Waals surface area (Å²) in [7, 11) is 1.63. The lowest BCUT2D eigenvalue weighted by Gasteiger charge is -2.14. The maximum absolute atomic E-state index is 11.7. The van der Waals surface area contributed by atoms with Crippen molar-refractivity contribution in [2.45, 2.75) is 39.7 Å². The molecule has 0 spiro atoms. The van der Waals surface area contributed by atoms with Crippen LogP contribution in [-0.4, -0.2) is 56.9 Å². The van der Waals surface area contributed by atoms with E-state index in [4.69, 9.17) is 9.72 Å². The molecular formula is C20H28N6O3. The van der Waals surface area contributed by atoms with Crippen LogP contribution in [0.1, 0.15) is 32.5 Å². The first kappa shape index (κ1) is 20.8. The monoisotopic (exact) mass is 400 g/mol. The molecule has 0 bridgehead atoms. The van der Waals surface area contributed by atoms with E-state index >= 15 is 0 Å². The van der Waals surface area contributed by atoms with E-state index in [1.54, 1.807) is 7.11 Å². The van der Waals surface area contributed by atoms with E-state index in [1.807, 2.05) is 43.4 Å². The van der Waals surface area contributed by atoms with Crippen LogP contribution in [0.15, 0.2) is 18.2 Å². The van der Waals surface area contributed by atoms with Crippen molar-refractivity contribution in [2.75, 3.05) is 25.5 Å². The molecular weight excluding hydrogens is 372 g/mol. The number of aliphatic hydroxyl groups excluding tert-OH is 1. The third-order valence-electron chi connectivity index (χ3n) is 4.79. The molecule has 2 heterocycles. The van der Waals surface area contributed by atoms with Crippen LogP contribution in [0.5, 0.6) is 5.75 Å². The maximum Gasteiger partial charge on any atom is 0.249 e. The molecule has 0 aliphatic rings. The second kappa shape index (κ2) is 9.04. The van der Waals surface area contributed by atoms with Crippen molar-refractivity contribution in [3.63, 3.8) is 0 Å². The van der Waals surface area contributed by atoms with Gasteiger partial charge in [0.2, 0.25) is 11.6 Å². The van der Waals surface area contributed by atoms with Gasteiger partial charge in [-0.15, -0.1) is 10.2 Å². The van der Waals surface area contributed by atoms with Crippen LogP contribution in [0.25, 0.3) is 16.7 Å². The summed E-state index contributed by atoms with van der Waals surface area (Å²) in [6.07, 6.45) is 0.652. The molecule has 0 aliphatic heterocycles. The average molecular weight is 400 g/mol. The number of aryl methyl sites for hydroxylation is 1. The molecule has 3 aromatic rings. The number of methoxy groups -OCH3 is 1. The topological polar surface area (TPSA) is 114 Å². The van der Waals surface area contributed by atoms with Gasteiger partial charge in [0.05, 0.1) is 18.1 Å². The summed E-state index contributed by atoms with van der Waals surface area (Å²) < 4.78 is 7.28. The van der Waals surface area contributed by atoms with Gasteiger partial charge in [-0.2, -0.15) is 0 Å². The lowest BCUT2D eigenvalue weighted by Crippen LogP contribution is -2.38. The fourth-order valence-electron chi connectivity index (χ4n) is 3.08. The molecule has 9 nitrogen and oxygen atoms in total. The highest BCUT2D eigenvalue weighted by Crippen LogP contribution is 2.24. The highest BCUT2D eigenvalue weighted by molar-refractivity contribution is 5.84. The molecule has 1 atom stereocenters. The molecule has 0 radical (unpaired) electrons. The fraction of sp³-hybridized carbons (Fsp3) is 0.500. The summed E-state index contributed by atoms with van der Waals surface area (Å²) in [6.45, 7) is 6.72. The predicted octanol–water partition coefficient (Wildman–Crippen LogP) is 1.92. The van der Waals surface area contributed by atoms with E-state index in [9.17, 15) is 9.90 Å². The Kier molecular flexibility index (Phi) is 6.48. The fourth-order valence-corrected chi connectivity index (χ4v) is 3.08. The SMILES string of the molecule is COc1ccc2c(c1)nc(NCCCCNC(=O)[C@H](O)C(C)C)c1nnc(C)n12. The van der Waals surface area contributed by atoms with Gasteiger partial charge in [0.25, 0.3) is 0 Å². The predicted molar refractivity (Wildman–Crippen MR) is 111 cm³/mol. The van der Waals surface area contributed by atoms with Crippen LogP contribution in [0.3, 0.4) is 0 Å². The van der Waals surface area contributed by atoms with Gasteiger partial charge in [-0.05, 0) is 37.8 Å². The van der Waals surface area contributed by atoms with Crippen molar-refractivity contribution in [2.24, 2.45) is 5.92 Å². The number of fused-ring (bicyclic) bond motifs is 3. The van der Waals surface area contributed by atoms with Crippen LogP contribution < -0.4 is 15.4 Å². The lowest BCUT2D eigenvalue weighted by molar-refractivity contribution is -0.131. The Morgan fingerprint density at radius 1 is 1.24 bits per heavy atom. The normalized spacial score (nSPS) is 12.5. The first-order valence-corrected chi connectivity index (χ1v) is 9.81. The number of amides is 1. The van der Waals surface area contributed by atoms with E-state index < -0.39 is 6.10 Å². The van der Waals surface area contributed by atoms with Crippen LogP contribution in [0.4, 0.5) is 5.82 Å². The average Bonchev–Trinajstić information content (AvgIpc) is 3.11. The van der Waals surface area contributed by atoms with E-state index in [0.29, 0.717) is 24.6 Å². The number of hydrogen-bond acceptors (Lipinski definition) is 7. The summed E-state index contributed by atoms with van der Waals surface area (Å²) in [5.41, 5.74) is 2.38. The smallest absolute Gasteiger partial charge is 0.249 e. The third kappa shape index (κ3) is 4.56. The summed E-state index contributed by atoms with van der Waals surface area (Å²) in [5, 5.41) is 24.2. The number of hydrogen-bond donors (Lipinski definition) is 3. The Hall–Kier alpha value is -2.94. The van der Waals surface area contributed by atoms with Gasteiger partial charge in [-0.3, -0.25) is 9.20 Å². The van der Waals surface area contributed by atoms with Crippen molar-refractivity contribution in [3.05, 3.63) is 24.0 Å². The summed E-state index contributed by atoms with van der Waals surface area (Å²) in [4.78, 5) is 16.4. The molecule has 0 unspecified atom stereocenters. The highest BCUT2D eigenvalue weighted by Gasteiger charge is 2.18. The van der Waals surface area contributed by atoms with Gasteiger partial charge in [0, 0.05) is 19.2 Å². The second-order valence-electron chi connectivity index (χ2n) is 7.34. The molecule has 0 saturated carbocycles. The van der Waals surface area contributed by atoms with Crippen LogP contribution in [0, 0.1) is 12.8 Å². The van der Waals surface area contributed by atoms with Crippen molar-refractivity contribution in [1.29, 1.82) is 0 Å². The number of anilines is 1. The first-order valence-electron chi connectivity index (χ1n) is 9.81. The molecule has 3 N–H and O–H groups in total. The summed E-state index contributed by atoms with van der Waals surface area (Å²) in [6, 6.07) is 5.72. The molecule has 1 amide bonds. The third-order valence-corrected chi connectivity index (χ3v) is 4.79. The number of rotatable bonds is 9. The minimum absolute atomic E-state index is 0.0942. The molecule has 29 heavy (non-hydrogen) atoms. The zero-order chi connectivity index (χ0) is 21.0. The van der Waals surface area contributed by atoms with E-state index in [1.165, 1.54) is 0 Å². The minimum Gasteiger partial charge on any atom is -0.497 e. The van der Waals surface area contributed by atoms with Gasteiger partial charge >= 0.3 is 0 Å². The van der Waals surface area contributed by atoms with Gasteiger partial charge in [-0.1, -0.05) is 13.8 Å². The van der Waals surface area contributed by atoms with Gasteiger partial charge < -0.3 is 20.5 Å². The quantitative estimate of drug-likeness (QED) is 0.470. The van der Waals surface area contributed by atoms with E-state index in [2.05, 4.69) is 20.8 Å². The number of unbranched alkanes of at least 4 members (excludes halogenated alkanes) is 1. The molecule has 1 aromatic carbocycles. The van der Waals surface area contributed by atoms with Gasteiger partial charge in [-0.25, -0.2) is 4.98 Å². The Morgan fingerprint density at radius 2 is 2.00 bits per heavy atom. The molecule has 156 valence electrons. The number of aromatic nitrogens is 4. The largest absolute Gasteiger partial charge is 0.497 e. The number of nitrogens with one attached hydrogen (secondary N) is 2. The van der Waals surface area contributed by atoms with Crippen molar-refractivity contribution < 1.29 is 14.6 Å². The molecule has 9 heteroatoms. The van der Waals surface area contributed by atoms with Crippen molar-refractivity contribution in [3.8, 4) is 5.75 Å². The first-order chi connectivity index (χ1) is 13.9. The Labute approximate surface area is 169 Å². The molecule has 0 fully saturated rings. The maximum atomic E-state index is 11.7. The standard InChI is InChI=1S/C20H28N6O3/c1-12(2)17(27)20(28)22-10-6-5-9-21-18-19-25-24-13(3)26(19)16-8-7-14(29-4)11-15(16)23-18/h7-8,11-12,17,27H,5-6,9-10H2,1-4H3,(H,21,23)(H,22,28)/t17-/m1/s1. The zero-order valence-electron chi connectivity index (χ0n) is 17.3. The van der Waals surface area contributed by atoms with Crippen molar-refractivity contribution >= 4 is 28.4 Å². The Balaban J connectivity index is 1.63.